The van der Waals surface area contributed by atoms with E-state index in [1.54, 1.807) is 6.92 Å². The van der Waals surface area contributed by atoms with Crippen LogP contribution in [0.3, 0.4) is 0 Å². The summed E-state index contributed by atoms with van der Waals surface area (Å²) in [5.74, 6) is -0.0180. The first-order valence-corrected chi connectivity index (χ1v) is 8.39. The summed E-state index contributed by atoms with van der Waals surface area (Å²) in [6, 6.07) is 10.3. The van der Waals surface area contributed by atoms with Crippen LogP contribution in [-0.2, 0) is 11.3 Å². The number of anilines is 1. The molecule has 0 spiro atoms. The predicted octanol–water partition coefficient (Wildman–Crippen LogP) is 2.70. The molecular formula is C18H27N3O. The van der Waals surface area contributed by atoms with Crippen molar-refractivity contribution in [3.8, 4) is 0 Å². The maximum atomic E-state index is 11.1. The Morgan fingerprint density at radius 3 is 2.27 bits per heavy atom. The minimum atomic E-state index is -0.0180. The highest BCUT2D eigenvalue weighted by Crippen LogP contribution is 2.32. The van der Waals surface area contributed by atoms with Crippen LogP contribution in [0, 0.1) is 0 Å². The molecule has 2 bridgehead atoms. The molecule has 1 amide bonds. The molecular weight excluding hydrogens is 274 g/mol. The van der Waals surface area contributed by atoms with Gasteiger partial charge in [-0.15, -0.1) is 0 Å². The molecule has 0 radical (unpaired) electrons. The number of amides is 1. The van der Waals surface area contributed by atoms with Gasteiger partial charge in [0.2, 0.25) is 5.91 Å². The normalized spacial score (nSPS) is 25.6. The summed E-state index contributed by atoms with van der Waals surface area (Å²) >= 11 is 0. The van der Waals surface area contributed by atoms with Crippen LogP contribution in [0.4, 0.5) is 5.69 Å². The third-order valence-electron chi connectivity index (χ3n) is 5.03. The van der Waals surface area contributed by atoms with Crippen molar-refractivity contribution in [2.45, 2.75) is 58.3 Å². The van der Waals surface area contributed by atoms with Gasteiger partial charge in [0.25, 0.3) is 0 Å². The summed E-state index contributed by atoms with van der Waals surface area (Å²) in [6.45, 7) is 9.59. The Labute approximate surface area is 133 Å². The average molecular weight is 301 g/mol. The molecule has 0 aromatic heterocycles. The fourth-order valence-electron chi connectivity index (χ4n) is 3.81. The number of benzene rings is 1. The van der Waals surface area contributed by atoms with Crippen molar-refractivity contribution in [3.05, 3.63) is 29.8 Å². The van der Waals surface area contributed by atoms with E-state index < -0.39 is 0 Å². The molecule has 1 N–H and O–H groups in total. The van der Waals surface area contributed by atoms with Crippen molar-refractivity contribution in [2.24, 2.45) is 0 Å². The van der Waals surface area contributed by atoms with Crippen molar-refractivity contribution in [1.29, 1.82) is 0 Å². The van der Waals surface area contributed by atoms with Crippen LogP contribution in [-0.4, -0.2) is 46.9 Å². The zero-order valence-corrected chi connectivity index (χ0v) is 13.9. The lowest BCUT2D eigenvalue weighted by Crippen LogP contribution is -2.54. The van der Waals surface area contributed by atoms with Crippen LogP contribution >= 0.6 is 0 Å². The maximum absolute atomic E-state index is 11.1. The molecule has 22 heavy (non-hydrogen) atoms. The molecule has 2 aliphatic rings. The van der Waals surface area contributed by atoms with Crippen molar-refractivity contribution in [1.82, 2.24) is 9.80 Å². The molecule has 3 rings (SSSR count). The van der Waals surface area contributed by atoms with Crippen LogP contribution in [0.1, 0.15) is 39.2 Å². The summed E-state index contributed by atoms with van der Waals surface area (Å²) in [6.07, 6.45) is 2.66. The lowest BCUT2D eigenvalue weighted by atomic mass is 10.1. The number of hydrogen-bond acceptors (Lipinski definition) is 3. The number of nitrogens with one attached hydrogen (secondary N) is 1. The number of fused-ring (bicyclic) bond motifs is 2. The van der Waals surface area contributed by atoms with Crippen molar-refractivity contribution in [2.75, 3.05) is 18.4 Å². The molecule has 2 heterocycles. The van der Waals surface area contributed by atoms with Gasteiger partial charge >= 0.3 is 0 Å². The van der Waals surface area contributed by atoms with Gasteiger partial charge in [0.15, 0.2) is 0 Å². The van der Waals surface area contributed by atoms with E-state index in [4.69, 9.17) is 0 Å². The molecule has 1 aromatic carbocycles. The Morgan fingerprint density at radius 2 is 1.77 bits per heavy atom. The summed E-state index contributed by atoms with van der Waals surface area (Å²) in [5.41, 5.74) is 2.22. The van der Waals surface area contributed by atoms with E-state index in [1.807, 2.05) is 12.1 Å². The van der Waals surface area contributed by atoms with Crippen LogP contribution in [0.15, 0.2) is 24.3 Å². The van der Waals surface area contributed by atoms with Gasteiger partial charge in [0.05, 0.1) is 0 Å². The van der Waals surface area contributed by atoms with E-state index >= 15 is 0 Å². The maximum Gasteiger partial charge on any atom is 0.221 e. The second kappa shape index (κ2) is 6.39. The highest BCUT2D eigenvalue weighted by molar-refractivity contribution is 5.88. The zero-order chi connectivity index (χ0) is 15.7. The Balaban J connectivity index is 1.63. The SMILES string of the molecule is CC(=O)Nc1ccc(CN2C3CCC2CN(C(C)C)C3)cc1. The van der Waals surface area contributed by atoms with Gasteiger partial charge in [-0.1, -0.05) is 12.1 Å². The van der Waals surface area contributed by atoms with E-state index in [2.05, 4.69) is 41.1 Å². The van der Waals surface area contributed by atoms with Crippen LogP contribution in [0.2, 0.25) is 0 Å². The van der Waals surface area contributed by atoms with Crippen LogP contribution < -0.4 is 5.32 Å². The second-order valence-electron chi connectivity index (χ2n) is 6.98. The van der Waals surface area contributed by atoms with Gasteiger partial charge in [-0.05, 0) is 44.4 Å². The zero-order valence-electron chi connectivity index (χ0n) is 13.9. The number of carbonyl (C=O) groups is 1. The molecule has 4 heteroatoms. The number of nitrogens with zero attached hydrogens (tertiary/aromatic N) is 2. The third kappa shape index (κ3) is 3.33. The Bertz CT molecular complexity index is 512. The van der Waals surface area contributed by atoms with Gasteiger partial charge in [-0.2, -0.15) is 0 Å². The van der Waals surface area contributed by atoms with Crippen LogP contribution in [0.25, 0.3) is 0 Å². The molecule has 4 nitrogen and oxygen atoms in total. The van der Waals surface area contributed by atoms with Gasteiger partial charge in [-0.3, -0.25) is 14.6 Å². The van der Waals surface area contributed by atoms with E-state index in [0.29, 0.717) is 18.1 Å². The van der Waals surface area contributed by atoms with Crippen molar-refractivity contribution < 1.29 is 4.79 Å². The summed E-state index contributed by atoms with van der Waals surface area (Å²) < 4.78 is 0. The number of piperazine rings is 1. The largest absolute Gasteiger partial charge is 0.326 e. The van der Waals surface area contributed by atoms with Gasteiger partial charge < -0.3 is 5.32 Å². The Morgan fingerprint density at radius 1 is 1.18 bits per heavy atom. The minimum Gasteiger partial charge on any atom is -0.326 e. The monoisotopic (exact) mass is 301 g/mol. The standard InChI is InChI=1S/C18H27N3O/c1-13(2)20-11-17-8-9-18(12-20)21(17)10-15-4-6-16(7-5-15)19-14(3)22/h4-7,13,17-18H,8-12H2,1-3H3,(H,19,22). The van der Waals surface area contributed by atoms with Gasteiger partial charge in [0, 0.05) is 50.4 Å². The lowest BCUT2D eigenvalue weighted by molar-refractivity contribution is -0.114. The first-order chi connectivity index (χ1) is 10.5. The molecule has 2 saturated heterocycles. The van der Waals surface area contributed by atoms with Gasteiger partial charge in [0.1, 0.15) is 0 Å². The van der Waals surface area contributed by atoms with E-state index in [9.17, 15) is 4.79 Å². The van der Waals surface area contributed by atoms with Crippen molar-refractivity contribution >= 4 is 11.6 Å². The Kier molecular flexibility index (Phi) is 4.50. The van der Waals surface area contributed by atoms with E-state index in [0.717, 1.165) is 12.2 Å². The number of rotatable bonds is 4. The molecule has 2 aliphatic heterocycles. The van der Waals surface area contributed by atoms with E-state index in [1.165, 1.54) is 31.5 Å². The molecule has 2 atom stereocenters. The molecule has 0 saturated carbocycles. The summed E-state index contributed by atoms with van der Waals surface area (Å²) in [4.78, 5) is 16.4. The first-order valence-electron chi connectivity index (χ1n) is 8.39. The molecule has 2 fully saturated rings. The quantitative estimate of drug-likeness (QED) is 0.929. The smallest absolute Gasteiger partial charge is 0.221 e. The molecule has 1 aromatic rings. The molecule has 2 unspecified atom stereocenters. The fraction of sp³-hybridized carbons (Fsp3) is 0.611. The third-order valence-corrected chi connectivity index (χ3v) is 5.03. The van der Waals surface area contributed by atoms with Crippen molar-refractivity contribution in [3.63, 3.8) is 0 Å². The van der Waals surface area contributed by atoms with Crippen LogP contribution in [0.5, 0.6) is 0 Å². The lowest BCUT2D eigenvalue weighted by Gasteiger charge is -2.42. The molecule has 0 aliphatic carbocycles. The first kappa shape index (κ1) is 15.5. The number of likely N-dealkylation sites (tertiary alicyclic amines) is 1. The van der Waals surface area contributed by atoms with Gasteiger partial charge in [-0.25, -0.2) is 0 Å². The average Bonchev–Trinajstić information content (AvgIpc) is 2.70. The topological polar surface area (TPSA) is 35.6 Å². The van der Waals surface area contributed by atoms with E-state index in [-0.39, 0.29) is 5.91 Å². The Hall–Kier alpha value is -1.39. The minimum absolute atomic E-state index is 0.0180. The highest BCUT2D eigenvalue weighted by Gasteiger charge is 2.40. The summed E-state index contributed by atoms with van der Waals surface area (Å²) in [7, 11) is 0. The fourth-order valence-corrected chi connectivity index (χ4v) is 3.81. The molecule has 120 valence electrons. The predicted molar refractivity (Wildman–Crippen MR) is 89.8 cm³/mol. The second-order valence-corrected chi connectivity index (χ2v) is 6.98. The highest BCUT2D eigenvalue weighted by atomic mass is 16.1. The summed E-state index contributed by atoms with van der Waals surface area (Å²) in [5, 5.41) is 2.82. The number of hydrogen-bond donors (Lipinski definition) is 1. The number of carbonyl (C=O) groups excluding carboxylic acids is 1.